The van der Waals surface area contributed by atoms with Crippen LogP contribution in [0, 0.1) is 0 Å². The Balaban J connectivity index is 1.54. The second kappa shape index (κ2) is 5.63. The molecule has 112 valence electrons. The van der Waals surface area contributed by atoms with E-state index >= 15 is 0 Å². The minimum Gasteiger partial charge on any atom is -0.334 e. The van der Waals surface area contributed by atoms with Gasteiger partial charge in [-0.2, -0.15) is 0 Å². The van der Waals surface area contributed by atoms with Crippen LogP contribution in [0.4, 0.5) is 9.59 Å². The van der Waals surface area contributed by atoms with Crippen LogP contribution in [-0.2, 0) is 6.54 Å². The summed E-state index contributed by atoms with van der Waals surface area (Å²) in [6, 6.07) is 9.99. The van der Waals surface area contributed by atoms with E-state index in [0.29, 0.717) is 32.7 Å². The third-order valence-corrected chi connectivity index (χ3v) is 4.11. The fraction of sp³-hybridized carbons (Fsp3) is 0.467. The number of fused-ring (bicyclic) bond motifs is 1. The molecule has 2 heterocycles. The molecule has 1 atom stereocenters. The van der Waals surface area contributed by atoms with Crippen LogP contribution >= 0.6 is 0 Å². The first kappa shape index (κ1) is 13.7. The Hall–Kier alpha value is -2.24. The predicted octanol–water partition coefficient (Wildman–Crippen LogP) is 0.948. The summed E-state index contributed by atoms with van der Waals surface area (Å²) in [5.41, 5.74) is 1.08. The van der Waals surface area contributed by atoms with Gasteiger partial charge in [0.15, 0.2) is 0 Å². The van der Waals surface area contributed by atoms with E-state index < -0.39 is 0 Å². The van der Waals surface area contributed by atoms with E-state index in [-0.39, 0.29) is 18.1 Å². The van der Waals surface area contributed by atoms with Crippen molar-refractivity contribution in [2.24, 2.45) is 0 Å². The highest BCUT2D eigenvalue weighted by atomic mass is 16.2. The molecule has 2 fully saturated rings. The molecule has 1 aromatic rings. The quantitative estimate of drug-likeness (QED) is 0.881. The molecule has 3 rings (SSSR count). The summed E-state index contributed by atoms with van der Waals surface area (Å²) < 4.78 is 0. The molecule has 2 aliphatic rings. The van der Waals surface area contributed by atoms with Crippen molar-refractivity contribution >= 4 is 12.1 Å². The van der Waals surface area contributed by atoms with Gasteiger partial charge in [0.1, 0.15) is 0 Å². The molecule has 0 bridgehead atoms. The van der Waals surface area contributed by atoms with Crippen molar-refractivity contribution in [3.63, 3.8) is 0 Å². The molecule has 6 heteroatoms. The molecule has 1 N–H and O–H groups in total. The Morgan fingerprint density at radius 2 is 2.00 bits per heavy atom. The Kier molecular flexibility index (Phi) is 3.68. The molecule has 0 unspecified atom stereocenters. The summed E-state index contributed by atoms with van der Waals surface area (Å²) in [5, 5.41) is 2.94. The largest absolute Gasteiger partial charge is 0.334 e. The van der Waals surface area contributed by atoms with Gasteiger partial charge >= 0.3 is 12.1 Å². The SMILES string of the molecule is CN1C[C@H]2CN(C(=O)NCc3ccccc3)CCN2C1=O. The average molecular weight is 288 g/mol. The second-order valence-electron chi connectivity index (χ2n) is 5.60. The Morgan fingerprint density at radius 1 is 1.24 bits per heavy atom. The van der Waals surface area contributed by atoms with Crippen LogP contribution in [0.25, 0.3) is 0 Å². The zero-order valence-electron chi connectivity index (χ0n) is 12.2. The number of likely N-dealkylation sites (N-methyl/N-ethyl adjacent to an activating group) is 1. The predicted molar refractivity (Wildman–Crippen MR) is 78.8 cm³/mol. The van der Waals surface area contributed by atoms with Gasteiger partial charge in [0, 0.05) is 39.8 Å². The first-order valence-electron chi connectivity index (χ1n) is 7.23. The molecule has 6 nitrogen and oxygen atoms in total. The lowest BCUT2D eigenvalue weighted by atomic mass is 10.2. The summed E-state index contributed by atoms with van der Waals surface area (Å²) in [5.74, 6) is 0. The van der Waals surface area contributed by atoms with E-state index in [1.54, 1.807) is 16.8 Å². The lowest BCUT2D eigenvalue weighted by molar-refractivity contribution is 0.129. The molecule has 2 saturated heterocycles. The van der Waals surface area contributed by atoms with Gasteiger partial charge in [0.25, 0.3) is 0 Å². The highest BCUT2D eigenvalue weighted by molar-refractivity contribution is 5.78. The standard InChI is InChI=1S/C15H20N4O2/c1-17-10-13-11-18(7-8-19(13)15(17)21)14(20)16-9-12-5-3-2-4-6-12/h2-6,13H,7-11H2,1H3,(H,16,20)/t13-/m0/s1. The van der Waals surface area contributed by atoms with Crippen LogP contribution in [0.2, 0.25) is 0 Å². The van der Waals surface area contributed by atoms with E-state index in [4.69, 9.17) is 0 Å². The van der Waals surface area contributed by atoms with Crippen molar-refractivity contribution < 1.29 is 9.59 Å². The third-order valence-electron chi connectivity index (χ3n) is 4.11. The van der Waals surface area contributed by atoms with Crippen molar-refractivity contribution in [1.82, 2.24) is 20.0 Å². The number of rotatable bonds is 2. The highest BCUT2D eigenvalue weighted by Crippen LogP contribution is 2.19. The fourth-order valence-electron chi connectivity index (χ4n) is 2.95. The fourth-order valence-corrected chi connectivity index (χ4v) is 2.95. The number of amides is 4. The number of nitrogens with zero attached hydrogens (tertiary/aromatic N) is 3. The van der Waals surface area contributed by atoms with E-state index in [9.17, 15) is 9.59 Å². The molecule has 1 aromatic carbocycles. The van der Waals surface area contributed by atoms with E-state index in [1.165, 1.54) is 0 Å². The number of hydrogen-bond donors (Lipinski definition) is 1. The van der Waals surface area contributed by atoms with Crippen molar-refractivity contribution in [3.8, 4) is 0 Å². The molecule has 2 aliphatic heterocycles. The molecule has 0 saturated carbocycles. The van der Waals surface area contributed by atoms with Crippen LogP contribution < -0.4 is 5.32 Å². The molecule has 4 amide bonds. The van der Waals surface area contributed by atoms with Gasteiger partial charge in [0.05, 0.1) is 6.04 Å². The lowest BCUT2D eigenvalue weighted by Gasteiger charge is -2.36. The zero-order chi connectivity index (χ0) is 14.8. The van der Waals surface area contributed by atoms with Gasteiger partial charge < -0.3 is 20.0 Å². The van der Waals surface area contributed by atoms with Gasteiger partial charge in [-0.3, -0.25) is 0 Å². The summed E-state index contributed by atoms with van der Waals surface area (Å²) in [7, 11) is 1.81. The maximum Gasteiger partial charge on any atom is 0.320 e. The zero-order valence-corrected chi connectivity index (χ0v) is 12.2. The molecule has 0 aliphatic carbocycles. The van der Waals surface area contributed by atoms with Gasteiger partial charge in [-0.25, -0.2) is 9.59 Å². The van der Waals surface area contributed by atoms with Crippen LogP contribution in [0.15, 0.2) is 30.3 Å². The van der Waals surface area contributed by atoms with Crippen molar-refractivity contribution in [2.45, 2.75) is 12.6 Å². The number of benzene rings is 1. The van der Waals surface area contributed by atoms with Gasteiger partial charge in [-0.05, 0) is 5.56 Å². The van der Waals surface area contributed by atoms with Crippen molar-refractivity contribution in [1.29, 1.82) is 0 Å². The summed E-state index contributed by atoms with van der Waals surface area (Å²) in [6.07, 6.45) is 0. The smallest absolute Gasteiger partial charge is 0.320 e. The Labute approximate surface area is 124 Å². The monoisotopic (exact) mass is 288 g/mol. The van der Waals surface area contributed by atoms with E-state index in [1.807, 2.05) is 35.2 Å². The number of hydrogen-bond acceptors (Lipinski definition) is 2. The lowest BCUT2D eigenvalue weighted by Crippen LogP contribution is -2.55. The molecule has 0 aromatic heterocycles. The highest BCUT2D eigenvalue weighted by Gasteiger charge is 2.39. The number of carbonyl (C=O) groups is 2. The number of piperazine rings is 1. The summed E-state index contributed by atoms with van der Waals surface area (Å²) in [4.78, 5) is 29.5. The molecule has 0 spiro atoms. The van der Waals surface area contributed by atoms with Crippen LogP contribution in [-0.4, -0.2) is 66.0 Å². The second-order valence-corrected chi connectivity index (χ2v) is 5.60. The first-order chi connectivity index (χ1) is 10.1. The average Bonchev–Trinajstić information content (AvgIpc) is 2.80. The topological polar surface area (TPSA) is 55.9 Å². The minimum absolute atomic E-state index is 0.0551. The first-order valence-corrected chi connectivity index (χ1v) is 7.23. The van der Waals surface area contributed by atoms with Gasteiger partial charge in [0.2, 0.25) is 0 Å². The molecule has 21 heavy (non-hydrogen) atoms. The van der Waals surface area contributed by atoms with Crippen molar-refractivity contribution in [2.75, 3.05) is 33.2 Å². The normalized spacial score (nSPS) is 21.5. The van der Waals surface area contributed by atoms with Crippen LogP contribution in [0.5, 0.6) is 0 Å². The minimum atomic E-state index is -0.0551. The maximum atomic E-state index is 12.2. The van der Waals surface area contributed by atoms with Gasteiger partial charge in [-0.15, -0.1) is 0 Å². The number of carbonyl (C=O) groups excluding carboxylic acids is 2. The van der Waals surface area contributed by atoms with Gasteiger partial charge in [-0.1, -0.05) is 30.3 Å². The van der Waals surface area contributed by atoms with E-state index in [0.717, 1.165) is 5.56 Å². The number of urea groups is 2. The summed E-state index contributed by atoms with van der Waals surface area (Å²) in [6.45, 7) is 3.05. The Morgan fingerprint density at radius 3 is 2.76 bits per heavy atom. The van der Waals surface area contributed by atoms with Crippen molar-refractivity contribution in [3.05, 3.63) is 35.9 Å². The number of nitrogens with one attached hydrogen (secondary N) is 1. The summed E-state index contributed by atoms with van der Waals surface area (Å²) >= 11 is 0. The third kappa shape index (κ3) is 2.79. The molecular weight excluding hydrogens is 268 g/mol. The molecule has 0 radical (unpaired) electrons. The van der Waals surface area contributed by atoms with E-state index in [2.05, 4.69) is 5.32 Å². The maximum absolute atomic E-state index is 12.2. The molecular formula is C15H20N4O2. The van der Waals surface area contributed by atoms with Crippen LogP contribution in [0.1, 0.15) is 5.56 Å². The van der Waals surface area contributed by atoms with Crippen LogP contribution in [0.3, 0.4) is 0 Å². The Bertz CT molecular complexity index is 534.